The van der Waals surface area contributed by atoms with Crippen LogP contribution in [0.25, 0.3) is 5.69 Å². The van der Waals surface area contributed by atoms with Crippen LogP contribution in [0.4, 0.5) is 5.82 Å². The molecule has 1 fully saturated rings. The molecule has 0 atom stereocenters. The number of benzene rings is 1. The molecule has 1 aromatic heterocycles. The average molecular weight is 214 g/mol. The van der Waals surface area contributed by atoms with Gasteiger partial charge in [0, 0.05) is 5.92 Å². The highest BCUT2D eigenvalue weighted by atomic mass is 15.4. The van der Waals surface area contributed by atoms with E-state index in [0.717, 1.165) is 11.4 Å². The van der Waals surface area contributed by atoms with Crippen LogP contribution in [0.15, 0.2) is 24.3 Å². The maximum atomic E-state index is 5.88. The molecule has 0 bridgehead atoms. The van der Waals surface area contributed by atoms with Crippen molar-refractivity contribution in [2.24, 2.45) is 0 Å². The minimum absolute atomic E-state index is 0.551. The van der Waals surface area contributed by atoms with Gasteiger partial charge in [0.15, 0.2) is 5.82 Å². The van der Waals surface area contributed by atoms with Gasteiger partial charge in [-0.05, 0) is 31.4 Å². The number of nitrogen functional groups attached to an aromatic ring is 1. The van der Waals surface area contributed by atoms with Crippen molar-refractivity contribution >= 4 is 5.82 Å². The van der Waals surface area contributed by atoms with Crippen LogP contribution in [0.5, 0.6) is 0 Å². The van der Waals surface area contributed by atoms with Gasteiger partial charge in [-0.3, -0.25) is 0 Å². The molecular formula is C12H14N4. The summed E-state index contributed by atoms with van der Waals surface area (Å²) in [5.41, 5.74) is 9.22. The Hall–Kier alpha value is -1.84. The fraction of sp³-hybridized carbons (Fsp3) is 0.333. The molecule has 0 spiro atoms. The Kier molecular flexibility index (Phi) is 1.96. The standard InChI is InChI=1S/C12H14N4/c1-8-4-2-3-5-10(8)16-11(9-6-7-9)12(13)14-15-16/h2-5,9H,6-7,13H2,1H3. The molecule has 0 radical (unpaired) electrons. The van der Waals surface area contributed by atoms with E-state index in [1.54, 1.807) is 0 Å². The molecule has 2 aromatic rings. The van der Waals surface area contributed by atoms with Crippen LogP contribution in [0.2, 0.25) is 0 Å². The van der Waals surface area contributed by atoms with Gasteiger partial charge in [-0.1, -0.05) is 23.4 Å². The Morgan fingerprint density at radius 1 is 1.31 bits per heavy atom. The minimum atomic E-state index is 0.551. The van der Waals surface area contributed by atoms with E-state index in [0.29, 0.717) is 11.7 Å². The number of anilines is 1. The number of aromatic nitrogens is 3. The lowest BCUT2D eigenvalue weighted by Crippen LogP contribution is -2.04. The maximum Gasteiger partial charge on any atom is 0.169 e. The highest BCUT2D eigenvalue weighted by molar-refractivity contribution is 5.47. The number of rotatable bonds is 2. The van der Waals surface area contributed by atoms with Gasteiger partial charge in [-0.25, -0.2) is 4.68 Å². The zero-order chi connectivity index (χ0) is 11.1. The van der Waals surface area contributed by atoms with Gasteiger partial charge in [0.05, 0.1) is 11.4 Å². The molecule has 4 heteroatoms. The van der Waals surface area contributed by atoms with E-state index < -0.39 is 0 Å². The lowest BCUT2D eigenvalue weighted by molar-refractivity contribution is 0.759. The van der Waals surface area contributed by atoms with Crippen LogP contribution >= 0.6 is 0 Å². The first-order valence-corrected chi connectivity index (χ1v) is 5.54. The largest absolute Gasteiger partial charge is 0.381 e. The molecule has 1 heterocycles. The molecule has 1 aliphatic carbocycles. The maximum absolute atomic E-state index is 5.88. The molecule has 0 amide bonds. The second-order valence-corrected chi connectivity index (χ2v) is 4.33. The quantitative estimate of drug-likeness (QED) is 0.832. The molecule has 16 heavy (non-hydrogen) atoms. The van der Waals surface area contributed by atoms with E-state index in [1.165, 1.54) is 18.4 Å². The summed E-state index contributed by atoms with van der Waals surface area (Å²) in [6.07, 6.45) is 2.40. The topological polar surface area (TPSA) is 56.7 Å². The smallest absolute Gasteiger partial charge is 0.169 e. The van der Waals surface area contributed by atoms with Crippen molar-refractivity contribution < 1.29 is 0 Å². The number of nitrogens with zero attached hydrogens (tertiary/aromatic N) is 3. The number of nitrogens with two attached hydrogens (primary N) is 1. The van der Waals surface area contributed by atoms with Gasteiger partial charge in [-0.15, -0.1) is 5.10 Å². The normalized spacial score (nSPS) is 15.3. The molecule has 2 N–H and O–H groups in total. The molecule has 1 aromatic carbocycles. The second kappa shape index (κ2) is 3.33. The third kappa shape index (κ3) is 1.38. The van der Waals surface area contributed by atoms with Crippen LogP contribution in [-0.2, 0) is 0 Å². The fourth-order valence-electron chi connectivity index (χ4n) is 2.02. The first-order chi connectivity index (χ1) is 7.77. The zero-order valence-electron chi connectivity index (χ0n) is 9.22. The Labute approximate surface area is 94.1 Å². The average Bonchev–Trinajstić information content (AvgIpc) is 3.04. The monoisotopic (exact) mass is 214 g/mol. The van der Waals surface area contributed by atoms with E-state index >= 15 is 0 Å². The summed E-state index contributed by atoms with van der Waals surface area (Å²) < 4.78 is 1.89. The van der Waals surface area contributed by atoms with Gasteiger partial charge in [-0.2, -0.15) is 0 Å². The van der Waals surface area contributed by atoms with Gasteiger partial charge in [0.2, 0.25) is 0 Å². The van der Waals surface area contributed by atoms with Crippen molar-refractivity contribution in [2.75, 3.05) is 5.73 Å². The Morgan fingerprint density at radius 3 is 2.75 bits per heavy atom. The highest BCUT2D eigenvalue weighted by Crippen LogP contribution is 2.42. The van der Waals surface area contributed by atoms with E-state index in [1.807, 2.05) is 16.8 Å². The molecule has 0 saturated heterocycles. The molecule has 0 aliphatic heterocycles. The lowest BCUT2D eigenvalue weighted by atomic mass is 10.2. The van der Waals surface area contributed by atoms with Crippen LogP contribution < -0.4 is 5.73 Å². The van der Waals surface area contributed by atoms with E-state index in [-0.39, 0.29) is 0 Å². The van der Waals surface area contributed by atoms with Gasteiger partial charge in [0.25, 0.3) is 0 Å². The Balaban J connectivity index is 2.16. The minimum Gasteiger partial charge on any atom is -0.381 e. The molecule has 1 aliphatic rings. The Morgan fingerprint density at radius 2 is 2.06 bits per heavy atom. The summed E-state index contributed by atoms with van der Waals surface area (Å²) in [6, 6.07) is 8.16. The summed E-state index contributed by atoms with van der Waals surface area (Å²) in [6.45, 7) is 2.07. The summed E-state index contributed by atoms with van der Waals surface area (Å²) in [7, 11) is 0. The van der Waals surface area contributed by atoms with Gasteiger partial charge < -0.3 is 5.73 Å². The van der Waals surface area contributed by atoms with Crippen LogP contribution in [0.1, 0.15) is 30.0 Å². The van der Waals surface area contributed by atoms with Crippen molar-refractivity contribution in [3.05, 3.63) is 35.5 Å². The summed E-state index contributed by atoms with van der Waals surface area (Å²) in [5, 5.41) is 8.14. The molecule has 0 unspecified atom stereocenters. The van der Waals surface area contributed by atoms with Crippen molar-refractivity contribution in [3.8, 4) is 5.69 Å². The number of hydrogen-bond donors (Lipinski definition) is 1. The predicted molar refractivity (Wildman–Crippen MR) is 62.5 cm³/mol. The first-order valence-electron chi connectivity index (χ1n) is 5.54. The molecule has 1 saturated carbocycles. The molecular weight excluding hydrogens is 200 g/mol. The molecule has 3 rings (SSSR count). The summed E-state index contributed by atoms with van der Waals surface area (Å²) in [4.78, 5) is 0. The van der Waals surface area contributed by atoms with Gasteiger partial charge in [0.1, 0.15) is 0 Å². The predicted octanol–water partition coefficient (Wildman–Crippen LogP) is 2.04. The van der Waals surface area contributed by atoms with Gasteiger partial charge >= 0.3 is 0 Å². The zero-order valence-corrected chi connectivity index (χ0v) is 9.22. The number of para-hydroxylation sites is 1. The van der Waals surface area contributed by atoms with Crippen LogP contribution in [0.3, 0.4) is 0 Å². The van der Waals surface area contributed by atoms with Crippen LogP contribution in [0, 0.1) is 6.92 Å². The fourth-order valence-corrected chi connectivity index (χ4v) is 2.02. The number of hydrogen-bond acceptors (Lipinski definition) is 3. The third-order valence-electron chi connectivity index (χ3n) is 3.04. The van der Waals surface area contributed by atoms with E-state index in [4.69, 9.17) is 5.73 Å². The molecule has 4 nitrogen and oxygen atoms in total. The third-order valence-corrected chi connectivity index (χ3v) is 3.04. The summed E-state index contributed by atoms with van der Waals surface area (Å²) in [5.74, 6) is 1.13. The molecule has 82 valence electrons. The highest BCUT2D eigenvalue weighted by Gasteiger charge is 2.31. The van der Waals surface area contributed by atoms with Crippen molar-refractivity contribution in [2.45, 2.75) is 25.7 Å². The van der Waals surface area contributed by atoms with Crippen molar-refractivity contribution in [1.82, 2.24) is 15.0 Å². The number of aryl methyl sites for hydroxylation is 1. The summed E-state index contributed by atoms with van der Waals surface area (Å²) >= 11 is 0. The van der Waals surface area contributed by atoms with E-state index in [2.05, 4.69) is 29.4 Å². The Bertz CT molecular complexity index is 526. The lowest BCUT2D eigenvalue weighted by Gasteiger charge is -2.08. The first kappa shape index (κ1) is 9.39. The van der Waals surface area contributed by atoms with E-state index in [9.17, 15) is 0 Å². The van der Waals surface area contributed by atoms with Crippen LogP contribution in [-0.4, -0.2) is 15.0 Å². The SMILES string of the molecule is Cc1ccccc1-n1nnc(N)c1C1CC1. The van der Waals surface area contributed by atoms with Crippen molar-refractivity contribution in [3.63, 3.8) is 0 Å². The van der Waals surface area contributed by atoms with Crippen molar-refractivity contribution in [1.29, 1.82) is 0 Å². The second-order valence-electron chi connectivity index (χ2n) is 4.33.